The number of nitrogens with one attached hydrogen (secondary N) is 2. The number of aryl methyl sites for hydroxylation is 3. The van der Waals surface area contributed by atoms with Crippen LogP contribution in [-0.4, -0.2) is 42.5 Å². The molecule has 0 unspecified atom stereocenters. The molecule has 24 heavy (non-hydrogen) atoms. The number of aliphatic imine (C=N–C) groups is 1. The minimum absolute atomic E-state index is 0.594. The zero-order valence-corrected chi connectivity index (χ0v) is 14.7. The van der Waals surface area contributed by atoms with E-state index in [2.05, 4.69) is 33.8 Å². The van der Waals surface area contributed by atoms with Gasteiger partial charge in [-0.15, -0.1) is 0 Å². The molecule has 130 valence electrons. The molecule has 0 fully saturated rings. The van der Waals surface area contributed by atoms with E-state index in [0.717, 1.165) is 31.2 Å². The average molecular weight is 329 g/mol. The molecule has 2 rings (SSSR count). The van der Waals surface area contributed by atoms with E-state index in [1.165, 1.54) is 11.1 Å². The number of aromatic nitrogens is 2. The Hall–Kier alpha value is -2.50. The largest absolute Gasteiger partial charge is 0.492 e. The lowest BCUT2D eigenvalue weighted by Crippen LogP contribution is -2.39. The fraction of sp³-hybridized carbons (Fsp3) is 0.444. The van der Waals surface area contributed by atoms with Crippen LogP contribution in [0.1, 0.15) is 17.5 Å². The summed E-state index contributed by atoms with van der Waals surface area (Å²) in [4.78, 5) is 4.21. The maximum atomic E-state index is 5.68. The molecule has 2 N–H and O–H groups in total. The Morgan fingerprint density at radius 3 is 2.54 bits per heavy atom. The summed E-state index contributed by atoms with van der Waals surface area (Å²) in [6.07, 6.45) is 4.92. The number of guanidine groups is 1. The minimum Gasteiger partial charge on any atom is -0.492 e. The summed E-state index contributed by atoms with van der Waals surface area (Å²) < 4.78 is 7.65. The normalized spacial score (nSPS) is 11.4. The molecule has 6 heteroatoms. The number of hydrogen-bond donors (Lipinski definition) is 2. The third-order valence-corrected chi connectivity index (χ3v) is 3.53. The Morgan fingerprint density at radius 1 is 1.12 bits per heavy atom. The fourth-order valence-electron chi connectivity index (χ4n) is 2.23. The van der Waals surface area contributed by atoms with Gasteiger partial charge in [0, 0.05) is 26.3 Å². The topological polar surface area (TPSA) is 63.5 Å². The summed E-state index contributed by atoms with van der Waals surface area (Å²) >= 11 is 0. The summed E-state index contributed by atoms with van der Waals surface area (Å²) in [5, 5.41) is 10.8. The molecule has 0 atom stereocenters. The second-order valence-electron chi connectivity index (χ2n) is 5.72. The van der Waals surface area contributed by atoms with Crippen LogP contribution in [-0.2, 0) is 6.54 Å². The van der Waals surface area contributed by atoms with Crippen LogP contribution >= 0.6 is 0 Å². The van der Waals surface area contributed by atoms with Crippen molar-refractivity contribution in [3.05, 3.63) is 47.8 Å². The Balaban J connectivity index is 1.57. The van der Waals surface area contributed by atoms with Crippen LogP contribution in [0.15, 0.2) is 41.7 Å². The maximum absolute atomic E-state index is 5.68. The summed E-state index contributed by atoms with van der Waals surface area (Å²) in [5.41, 5.74) is 2.42. The van der Waals surface area contributed by atoms with Gasteiger partial charge in [0.2, 0.25) is 0 Å². The van der Waals surface area contributed by atoms with Gasteiger partial charge in [-0.3, -0.25) is 9.67 Å². The lowest BCUT2D eigenvalue weighted by molar-refractivity contribution is 0.322. The Labute approximate surface area is 143 Å². The molecule has 0 aliphatic carbocycles. The predicted octanol–water partition coefficient (Wildman–Crippen LogP) is 2.13. The van der Waals surface area contributed by atoms with Gasteiger partial charge in [0.25, 0.3) is 0 Å². The van der Waals surface area contributed by atoms with Crippen LogP contribution in [0.3, 0.4) is 0 Å². The highest BCUT2D eigenvalue weighted by Gasteiger charge is 1.99. The van der Waals surface area contributed by atoms with Gasteiger partial charge in [0.15, 0.2) is 5.96 Å². The van der Waals surface area contributed by atoms with E-state index in [1.54, 1.807) is 7.05 Å². The van der Waals surface area contributed by atoms with Gasteiger partial charge >= 0.3 is 0 Å². The second kappa shape index (κ2) is 9.60. The first-order valence-electron chi connectivity index (χ1n) is 8.30. The van der Waals surface area contributed by atoms with Crippen molar-refractivity contribution < 1.29 is 4.74 Å². The van der Waals surface area contributed by atoms with Crippen LogP contribution < -0.4 is 15.4 Å². The molecule has 0 spiro atoms. The molecule has 0 bridgehead atoms. The van der Waals surface area contributed by atoms with E-state index in [4.69, 9.17) is 4.74 Å². The van der Waals surface area contributed by atoms with Crippen molar-refractivity contribution in [3.63, 3.8) is 0 Å². The van der Waals surface area contributed by atoms with E-state index in [0.29, 0.717) is 13.2 Å². The lowest BCUT2D eigenvalue weighted by atomic mass is 10.2. The predicted molar refractivity (Wildman–Crippen MR) is 97.6 cm³/mol. The van der Waals surface area contributed by atoms with Gasteiger partial charge < -0.3 is 15.4 Å². The second-order valence-corrected chi connectivity index (χ2v) is 5.72. The molecule has 0 saturated heterocycles. The number of rotatable bonds is 8. The van der Waals surface area contributed by atoms with Crippen molar-refractivity contribution in [2.24, 2.45) is 4.99 Å². The monoisotopic (exact) mass is 329 g/mol. The molecule has 0 radical (unpaired) electrons. The standard InChI is InChI=1S/C18H27N5O/c1-15-5-7-17(8-6-15)24-12-10-21-18(19-3)20-9-4-11-23-14-16(2)13-22-23/h5-8,13-14H,4,9-12H2,1-3H3,(H2,19,20,21). The van der Waals surface area contributed by atoms with Gasteiger partial charge in [0.05, 0.1) is 12.7 Å². The zero-order valence-electron chi connectivity index (χ0n) is 14.7. The summed E-state index contributed by atoms with van der Waals surface area (Å²) in [6, 6.07) is 8.06. The van der Waals surface area contributed by atoms with Gasteiger partial charge in [-0.2, -0.15) is 5.10 Å². The molecule has 6 nitrogen and oxygen atoms in total. The van der Waals surface area contributed by atoms with E-state index in [-0.39, 0.29) is 0 Å². The molecule has 1 heterocycles. The van der Waals surface area contributed by atoms with Gasteiger partial charge in [-0.25, -0.2) is 0 Å². The smallest absolute Gasteiger partial charge is 0.191 e. The minimum atomic E-state index is 0.594. The molecule has 1 aromatic carbocycles. The molecule has 0 aliphatic rings. The molecule has 2 aromatic rings. The summed E-state index contributed by atoms with van der Waals surface area (Å²) in [6.45, 7) is 7.15. The summed E-state index contributed by atoms with van der Waals surface area (Å²) in [5.74, 6) is 1.68. The van der Waals surface area contributed by atoms with Crippen molar-refractivity contribution in [2.45, 2.75) is 26.8 Å². The van der Waals surface area contributed by atoms with E-state index < -0.39 is 0 Å². The summed E-state index contributed by atoms with van der Waals surface area (Å²) in [7, 11) is 1.77. The Kier molecular flexibility index (Phi) is 7.14. The third kappa shape index (κ3) is 6.32. The lowest BCUT2D eigenvalue weighted by Gasteiger charge is -2.12. The number of ether oxygens (including phenoxy) is 1. The average Bonchev–Trinajstić information content (AvgIpc) is 3.00. The van der Waals surface area contributed by atoms with Gasteiger partial charge in [0.1, 0.15) is 12.4 Å². The first-order valence-corrected chi connectivity index (χ1v) is 8.30. The van der Waals surface area contributed by atoms with E-state index in [9.17, 15) is 0 Å². The zero-order chi connectivity index (χ0) is 17.2. The number of nitrogens with zero attached hydrogens (tertiary/aromatic N) is 3. The van der Waals surface area contributed by atoms with Crippen LogP contribution in [0.2, 0.25) is 0 Å². The van der Waals surface area contributed by atoms with Crippen LogP contribution in [0, 0.1) is 13.8 Å². The van der Waals surface area contributed by atoms with Crippen LogP contribution in [0.5, 0.6) is 5.75 Å². The van der Waals surface area contributed by atoms with Gasteiger partial charge in [-0.1, -0.05) is 17.7 Å². The molecular formula is C18H27N5O. The number of hydrogen-bond acceptors (Lipinski definition) is 3. The first-order chi connectivity index (χ1) is 11.7. The molecule has 0 saturated carbocycles. The highest BCUT2D eigenvalue weighted by molar-refractivity contribution is 5.79. The van der Waals surface area contributed by atoms with Crippen molar-refractivity contribution in [1.29, 1.82) is 0 Å². The Bertz CT molecular complexity index is 633. The molecular weight excluding hydrogens is 302 g/mol. The maximum Gasteiger partial charge on any atom is 0.191 e. The van der Waals surface area contributed by atoms with Crippen molar-refractivity contribution in [2.75, 3.05) is 26.7 Å². The van der Waals surface area contributed by atoms with E-state index >= 15 is 0 Å². The van der Waals surface area contributed by atoms with Crippen molar-refractivity contribution in [3.8, 4) is 5.75 Å². The molecule has 0 amide bonds. The van der Waals surface area contributed by atoms with Crippen LogP contribution in [0.25, 0.3) is 0 Å². The fourth-order valence-corrected chi connectivity index (χ4v) is 2.23. The van der Waals surface area contributed by atoms with Crippen molar-refractivity contribution in [1.82, 2.24) is 20.4 Å². The quantitative estimate of drug-likeness (QED) is 0.442. The van der Waals surface area contributed by atoms with Crippen LogP contribution in [0.4, 0.5) is 0 Å². The SMILES string of the molecule is CN=C(NCCCn1cc(C)cn1)NCCOc1ccc(C)cc1. The highest BCUT2D eigenvalue weighted by atomic mass is 16.5. The van der Waals surface area contributed by atoms with E-state index in [1.807, 2.05) is 42.1 Å². The third-order valence-electron chi connectivity index (χ3n) is 3.53. The molecule has 1 aromatic heterocycles. The Morgan fingerprint density at radius 2 is 1.88 bits per heavy atom. The van der Waals surface area contributed by atoms with Crippen molar-refractivity contribution >= 4 is 5.96 Å². The van der Waals surface area contributed by atoms with Gasteiger partial charge in [-0.05, 0) is 38.0 Å². The first kappa shape index (κ1) is 17.8. The highest BCUT2D eigenvalue weighted by Crippen LogP contribution is 2.10. The number of benzene rings is 1. The molecule has 0 aliphatic heterocycles.